The minimum Gasteiger partial charge on any atom is -0.511 e. The molecular weight excluding hydrogens is 360 g/mol. The van der Waals surface area contributed by atoms with Crippen molar-refractivity contribution in [2.75, 3.05) is 0 Å². The Labute approximate surface area is 162 Å². The van der Waals surface area contributed by atoms with Crippen molar-refractivity contribution in [1.82, 2.24) is 0 Å². The molecule has 3 aliphatic rings. The lowest BCUT2D eigenvalue weighted by Crippen LogP contribution is -2.26. The minimum atomic E-state index is -0.293. The van der Waals surface area contributed by atoms with Crippen LogP contribution in [0, 0.1) is 11.8 Å². The highest BCUT2D eigenvalue weighted by atomic mass is 35.5. The molecule has 0 radical (unpaired) electrons. The zero-order valence-corrected chi connectivity index (χ0v) is 15.6. The number of aryl methyl sites for hydroxylation is 1. The molecule has 2 heterocycles. The van der Waals surface area contributed by atoms with E-state index < -0.39 is 0 Å². The van der Waals surface area contributed by atoms with Crippen molar-refractivity contribution in [3.8, 4) is 11.1 Å². The fraction of sp³-hybridized carbons (Fsp3) is 0.261. The van der Waals surface area contributed by atoms with Gasteiger partial charge in [0, 0.05) is 5.02 Å². The SMILES string of the molecule is CCc1ccc(-c2ccc(Cl)cc2)cc1C1=C(O)[C@@H]2[C@H](C1=O)[C@H]1C=C[C@@H]2O1. The summed E-state index contributed by atoms with van der Waals surface area (Å²) in [6.07, 6.45) is 4.30. The van der Waals surface area contributed by atoms with E-state index in [0.29, 0.717) is 10.6 Å². The maximum absolute atomic E-state index is 13.2. The Bertz CT molecular complexity index is 1000. The first-order chi connectivity index (χ1) is 13.1. The predicted molar refractivity (Wildman–Crippen MR) is 106 cm³/mol. The number of aliphatic hydroxyl groups is 1. The highest BCUT2D eigenvalue weighted by Crippen LogP contribution is 2.51. The first-order valence-corrected chi connectivity index (χ1v) is 9.66. The molecule has 2 aromatic carbocycles. The highest BCUT2D eigenvalue weighted by Gasteiger charge is 2.57. The number of Topliss-reactive ketones (excluding diaryl/α,β-unsaturated/α-hetero) is 1. The van der Waals surface area contributed by atoms with Gasteiger partial charge in [0.05, 0.1) is 29.6 Å². The molecule has 0 aromatic heterocycles. The molecular formula is C23H19ClO3. The van der Waals surface area contributed by atoms with Crippen LogP contribution in [-0.2, 0) is 16.0 Å². The van der Waals surface area contributed by atoms with Crippen LogP contribution in [0.2, 0.25) is 5.02 Å². The monoisotopic (exact) mass is 378 g/mol. The van der Waals surface area contributed by atoms with Crippen molar-refractivity contribution in [3.05, 3.63) is 76.5 Å². The van der Waals surface area contributed by atoms with Gasteiger partial charge in [-0.05, 0) is 46.9 Å². The molecule has 1 fully saturated rings. The summed E-state index contributed by atoms with van der Waals surface area (Å²) in [5.41, 5.74) is 4.39. The molecule has 2 aromatic rings. The molecule has 4 atom stereocenters. The topological polar surface area (TPSA) is 46.5 Å². The number of halogens is 1. The van der Waals surface area contributed by atoms with E-state index in [9.17, 15) is 9.90 Å². The van der Waals surface area contributed by atoms with Gasteiger partial charge in [-0.25, -0.2) is 0 Å². The third-order valence-corrected chi connectivity index (χ3v) is 6.21. The summed E-state index contributed by atoms with van der Waals surface area (Å²) in [6, 6.07) is 13.7. The summed E-state index contributed by atoms with van der Waals surface area (Å²) in [4.78, 5) is 13.2. The number of fused-ring (bicyclic) bond motifs is 5. The molecule has 27 heavy (non-hydrogen) atoms. The number of carbonyl (C=O) groups is 1. The number of ketones is 1. The third-order valence-electron chi connectivity index (χ3n) is 5.96. The molecule has 0 unspecified atom stereocenters. The Hall–Kier alpha value is -2.36. The first kappa shape index (κ1) is 16.8. The number of allylic oxidation sites excluding steroid dienone is 1. The number of ether oxygens (including phenoxy) is 1. The standard InChI is InChI=1S/C23H19ClO3/c1-2-12-3-4-14(13-5-7-15(24)8-6-13)11-16(12)19-22(25)20-17-9-10-18(27-17)21(20)23(19)26/h3-11,17-18,20-21,25H,2H2,1H3/t17-,18+,20-,21+/m0/s1. The quantitative estimate of drug-likeness (QED) is 0.765. The van der Waals surface area contributed by atoms with Gasteiger partial charge in [0.2, 0.25) is 0 Å². The summed E-state index contributed by atoms with van der Waals surface area (Å²) in [6.45, 7) is 2.06. The van der Waals surface area contributed by atoms with Crippen molar-refractivity contribution >= 4 is 23.0 Å². The molecule has 1 N–H and O–H groups in total. The number of aliphatic hydroxyl groups excluding tert-OH is 1. The van der Waals surface area contributed by atoms with Crippen LogP contribution in [0.25, 0.3) is 16.7 Å². The van der Waals surface area contributed by atoms with E-state index >= 15 is 0 Å². The summed E-state index contributed by atoms with van der Waals surface area (Å²) in [5.74, 6) is -0.354. The van der Waals surface area contributed by atoms with Crippen LogP contribution >= 0.6 is 11.6 Å². The summed E-state index contributed by atoms with van der Waals surface area (Å²) >= 11 is 6.00. The molecule has 0 spiro atoms. The second-order valence-corrected chi connectivity index (χ2v) is 7.80. The zero-order chi connectivity index (χ0) is 18.7. The van der Waals surface area contributed by atoms with Crippen LogP contribution < -0.4 is 0 Å². The van der Waals surface area contributed by atoms with Crippen molar-refractivity contribution in [2.45, 2.75) is 25.6 Å². The fourth-order valence-corrected chi connectivity index (χ4v) is 4.74. The Kier molecular flexibility index (Phi) is 3.78. The normalized spacial score (nSPS) is 28.3. The van der Waals surface area contributed by atoms with E-state index in [4.69, 9.17) is 16.3 Å². The molecule has 4 heteroatoms. The Morgan fingerprint density at radius 1 is 1.00 bits per heavy atom. The second kappa shape index (κ2) is 6.08. The van der Waals surface area contributed by atoms with Crippen molar-refractivity contribution < 1.29 is 14.6 Å². The van der Waals surface area contributed by atoms with Gasteiger partial charge >= 0.3 is 0 Å². The Balaban J connectivity index is 1.63. The molecule has 1 aliphatic carbocycles. The van der Waals surface area contributed by atoms with Crippen molar-refractivity contribution in [2.24, 2.45) is 11.8 Å². The average molecular weight is 379 g/mol. The van der Waals surface area contributed by atoms with Gasteiger partial charge in [-0.1, -0.05) is 54.9 Å². The van der Waals surface area contributed by atoms with E-state index in [1.165, 1.54) is 0 Å². The average Bonchev–Trinajstić information content (AvgIpc) is 3.36. The largest absolute Gasteiger partial charge is 0.511 e. The Morgan fingerprint density at radius 2 is 1.67 bits per heavy atom. The van der Waals surface area contributed by atoms with E-state index in [-0.39, 0.29) is 35.6 Å². The van der Waals surface area contributed by atoms with Gasteiger partial charge in [0.25, 0.3) is 0 Å². The molecule has 136 valence electrons. The molecule has 5 rings (SSSR count). The van der Waals surface area contributed by atoms with Gasteiger partial charge in [-0.2, -0.15) is 0 Å². The van der Waals surface area contributed by atoms with Crippen LogP contribution in [0.5, 0.6) is 0 Å². The second-order valence-electron chi connectivity index (χ2n) is 7.36. The zero-order valence-electron chi connectivity index (χ0n) is 14.9. The number of rotatable bonds is 3. The lowest BCUT2D eigenvalue weighted by atomic mass is 9.84. The van der Waals surface area contributed by atoms with Gasteiger partial charge in [-0.3, -0.25) is 4.79 Å². The molecule has 0 amide bonds. The van der Waals surface area contributed by atoms with Crippen molar-refractivity contribution in [1.29, 1.82) is 0 Å². The van der Waals surface area contributed by atoms with Crippen LogP contribution in [0.4, 0.5) is 0 Å². The molecule has 1 saturated heterocycles. The van der Waals surface area contributed by atoms with Crippen LogP contribution in [0.1, 0.15) is 18.1 Å². The number of hydrogen-bond acceptors (Lipinski definition) is 3. The molecule has 2 aliphatic heterocycles. The van der Waals surface area contributed by atoms with E-state index in [0.717, 1.165) is 28.7 Å². The number of carbonyl (C=O) groups excluding carboxylic acids is 1. The van der Waals surface area contributed by atoms with Gasteiger partial charge < -0.3 is 9.84 Å². The lowest BCUT2D eigenvalue weighted by molar-refractivity contribution is -0.118. The van der Waals surface area contributed by atoms with Crippen LogP contribution in [0.3, 0.4) is 0 Å². The predicted octanol–water partition coefficient (Wildman–Crippen LogP) is 4.99. The third kappa shape index (κ3) is 2.42. The summed E-state index contributed by atoms with van der Waals surface area (Å²) in [7, 11) is 0. The van der Waals surface area contributed by atoms with E-state index in [1.807, 2.05) is 48.6 Å². The molecule has 3 nitrogen and oxygen atoms in total. The Morgan fingerprint density at radius 3 is 2.33 bits per heavy atom. The number of benzene rings is 2. The molecule has 2 bridgehead atoms. The number of hydrogen-bond donors (Lipinski definition) is 1. The highest BCUT2D eigenvalue weighted by molar-refractivity contribution is 6.30. The fourth-order valence-electron chi connectivity index (χ4n) is 4.62. The van der Waals surface area contributed by atoms with Gasteiger partial charge in [0.1, 0.15) is 5.76 Å². The molecule has 0 saturated carbocycles. The van der Waals surface area contributed by atoms with Gasteiger partial charge in [0.15, 0.2) is 5.78 Å². The van der Waals surface area contributed by atoms with Crippen molar-refractivity contribution in [3.63, 3.8) is 0 Å². The summed E-state index contributed by atoms with van der Waals surface area (Å²) in [5, 5.41) is 11.6. The maximum Gasteiger partial charge on any atom is 0.173 e. The van der Waals surface area contributed by atoms with E-state index in [1.54, 1.807) is 0 Å². The minimum absolute atomic E-state index is 0.00249. The lowest BCUT2D eigenvalue weighted by Gasteiger charge is -2.15. The maximum atomic E-state index is 13.2. The van der Waals surface area contributed by atoms with Crippen LogP contribution in [0.15, 0.2) is 60.4 Å². The smallest absolute Gasteiger partial charge is 0.173 e. The van der Waals surface area contributed by atoms with Crippen LogP contribution in [-0.4, -0.2) is 23.1 Å². The first-order valence-electron chi connectivity index (χ1n) is 9.29. The van der Waals surface area contributed by atoms with Gasteiger partial charge in [-0.15, -0.1) is 0 Å². The summed E-state index contributed by atoms with van der Waals surface area (Å²) < 4.78 is 5.79. The van der Waals surface area contributed by atoms with E-state index in [2.05, 4.69) is 13.0 Å².